The lowest BCUT2D eigenvalue weighted by Crippen LogP contribution is -2.36. The summed E-state index contributed by atoms with van der Waals surface area (Å²) in [6.07, 6.45) is 0.999. The molecule has 0 spiro atoms. The second-order valence-electron chi connectivity index (χ2n) is 4.08. The van der Waals surface area contributed by atoms with Crippen LogP contribution in [0.2, 0.25) is 0 Å². The summed E-state index contributed by atoms with van der Waals surface area (Å²) in [4.78, 5) is 13.2. The minimum atomic E-state index is -0.0426. The number of rotatable bonds is 3. The summed E-state index contributed by atoms with van der Waals surface area (Å²) in [7, 11) is 0. The first-order valence-electron chi connectivity index (χ1n) is 5.70. The molecular weight excluding hydrogens is 202 g/mol. The summed E-state index contributed by atoms with van der Waals surface area (Å²) in [5, 5.41) is 0. The minimum absolute atomic E-state index is 0.0426. The van der Waals surface area contributed by atoms with Gasteiger partial charge in [0.05, 0.1) is 13.2 Å². The van der Waals surface area contributed by atoms with E-state index in [-0.39, 0.29) is 5.92 Å². The Hall–Kier alpha value is -1.35. The predicted molar refractivity (Wildman–Crippen MR) is 64.0 cm³/mol. The third kappa shape index (κ3) is 2.25. The maximum Gasteiger partial charge on any atom is 0.127 e. The van der Waals surface area contributed by atoms with E-state index in [1.165, 1.54) is 5.69 Å². The first-order valence-corrected chi connectivity index (χ1v) is 5.70. The molecule has 0 bridgehead atoms. The van der Waals surface area contributed by atoms with E-state index in [1.54, 1.807) is 0 Å². The third-order valence-electron chi connectivity index (χ3n) is 2.98. The van der Waals surface area contributed by atoms with Gasteiger partial charge in [-0.3, -0.25) is 0 Å². The van der Waals surface area contributed by atoms with Crippen LogP contribution in [-0.4, -0.2) is 32.6 Å². The molecule has 1 saturated heterocycles. The number of carbonyl (C=O) groups excluding carboxylic acids is 1. The average molecular weight is 219 g/mol. The summed E-state index contributed by atoms with van der Waals surface area (Å²) >= 11 is 0. The Labute approximate surface area is 96.0 Å². The van der Waals surface area contributed by atoms with Crippen LogP contribution in [0.15, 0.2) is 24.3 Å². The van der Waals surface area contributed by atoms with Crippen LogP contribution in [0.3, 0.4) is 0 Å². The minimum Gasteiger partial charge on any atom is -0.378 e. The molecule has 3 nitrogen and oxygen atoms in total. The quantitative estimate of drug-likeness (QED) is 0.726. The molecule has 1 aliphatic rings. The molecular formula is C13H17NO2. The van der Waals surface area contributed by atoms with E-state index in [4.69, 9.17) is 4.74 Å². The van der Waals surface area contributed by atoms with Gasteiger partial charge in [0.1, 0.15) is 6.29 Å². The topological polar surface area (TPSA) is 29.5 Å². The summed E-state index contributed by atoms with van der Waals surface area (Å²) in [6, 6.07) is 8.12. The van der Waals surface area contributed by atoms with Gasteiger partial charge in [0.25, 0.3) is 0 Å². The van der Waals surface area contributed by atoms with Crippen LogP contribution < -0.4 is 4.90 Å². The van der Waals surface area contributed by atoms with Gasteiger partial charge in [0, 0.05) is 24.7 Å². The molecule has 16 heavy (non-hydrogen) atoms. The maximum atomic E-state index is 10.9. The van der Waals surface area contributed by atoms with E-state index in [0.717, 1.165) is 38.2 Å². The Morgan fingerprint density at radius 2 is 2.00 bits per heavy atom. The first kappa shape index (κ1) is 11.1. The van der Waals surface area contributed by atoms with Gasteiger partial charge >= 0.3 is 0 Å². The molecule has 86 valence electrons. The average Bonchev–Trinajstić information content (AvgIpc) is 2.39. The molecule has 1 fully saturated rings. The van der Waals surface area contributed by atoms with Crippen molar-refractivity contribution in [1.82, 2.24) is 0 Å². The zero-order chi connectivity index (χ0) is 11.4. The highest BCUT2D eigenvalue weighted by atomic mass is 16.5. The molecule has 0 amide bonds. The maximum absolute atomic E-state index is 10.9. The number of para-hydroxylation sites is 1. The van der Waals surface area contributed by atoms with Crippen molar-refractivity contribution in [2.75, 3.05) is 31.2 Å². The van der Waals surface area contributed by atoms with Crippen molar-refractivity contribution < 1.29 is 9.53 Å². The monoisotopic (exact) mass is 219 g/mol. The van der Waals surface area contributed by atoms with E-state index >= 15 is 0 Å². The van der Waals surface area contributed by atoms with Crippen LogP contribution in [0.25, 0.3) is 0 Å². The molecule has 0 saturated carbocycles. The number of morpholine rings is 1. The van der Waals surface area contributed by atoms with Crippen LogP contribution in [0.5, 0.6) is 0 Å². The molecule has 0 radical (unpaired) electrons. The Morgan fingerprint density at radius 1 is 1.31 bits per heavy atom. The van der Waals surface area contributed by atoms with Crippen molar-refractivity contribution in [2.45, 2.75) is 12.8 Å². The van der Waals surface area contributed by atoms with Crippen molar-refractivity contribution in [3.63, 3.8) is 0 Å². The van der Waals surface area contributed by atoms with Crippen molar-refractivity contribution in [3.05, 3.63) is 29.8 Å². The van der Waals surface area contributed by atoms with E-state index in [0.29, 0.717) is 0 Å². The predicted octanol–water partition coefficient (Wildman–Crippen LogP) is 1.83. The van der Waals surface area contributed by atoms with Gasteiger partial charge in [0.15, 0.2) is 0 Å². The van der Waals surface area contributed by atoms with Crippen LogP contribution in [0.4, 0.5) is 5.69 Å². The van der Waals surface area contributed by atoms with Crippen molar-refractivity contribution >= 4 is 12.0 Å². The molecule has 1 unspecified atom stereocenters. The number of benzene rings is 1. The molecule has 3 heteroatoms. The van der Waals surface area contributed by atoms with Gasteiger partial charge in [-0.15, -0.1) is 0 Å². The zero-order valence-electron chi connectivity index (χ0n) is 9.56. The van der Waals surface area contributed by atoms with Gasteiger partial charge in [-0.25, -0.2) is 0 Å². The Morgan fingerprint density at radius 3 is 2.69 bits per heavy atom. The van der Waals surface area contributed by atoms with Gasteiger partial charge in [-0.2, -0.15) is 0 Å². The Balaban J connectivity index is 2.27. The van der Waals surface area contributed by atoms with E-state index < -0.39 is 0 Å². The van der Waals surface area contributed by atoms with Crippen LogP contribution >= 0.6 is 0 Å². The van der Waals surface area contributed by atoms with Gasteiger partial charge in [-0.05, 0) is 11.6 Å². The number of aldehydes is 1. The normalized spacial score (nSPS) is 18.2. The standard InChI is InChI=1S/C13H17NO2/c1-11(10-15)12-4-2-3-5-13(12)14-6-8-16-9-7-14/h2-5,10-11H,6-9H2,1H3. The van der Waals surface area contributed by atoms with Crippen molar-refractivity contribution in [3.8, 4) is 0 Å². The Bertz CT molecular complexity index is 359. The smallest absolute Gasteiger partial charge is 0.127 e. The lowest BCUT2D eigenvalue weighted by atomic mass is 10.00. The lowest BCUT2D eigenvalue weighted by molar-refractivity contribution is -0.108. The molecule has 0 N–H and O–H groups in total. The SMILES string of the molecule is CC(C=O)c1ccccc1N1CCOCC1. The Kier molecular flexibility index (Phi) is 3.57. The van der Waals surface area contributed by atoms with E-state index in [1.807, 2.05) is 25.1 Å². The molecule has 0 aromatic heterocycles. The van der Waals surface area contributed by atoms with Gasteiger partial charge in [0.2, 0.25) is 0 Å². The highest BCUT2D eigenvalue weighted by molar-refractivity contribution is 5.68. The van der Waals surface area contributed by atoms with Gasteiger partial charge in [-0.1, -0.05) is 25.1 Å². The highest BCUT2D eigenvalue weighted by Gasteiger charge is 2.16. The molecule has 1 aromatic carbocycles. The van der Waals surface area contributed by atoms with E-state index in [2.05, 4.69) is 11.0 Å². The van der Waals surface area contributed by atoms with Gasteiger partial charge < -0.3 is 14.4 Å². The largest absolute Gasteiger partial charge is 0.378 e. The summed E-state index contributed by atoms with van der Waals surface area (Å²) in [5.74, 6) is -0.0426. The van der Waals surface area contributed by atoms with Crippen molar-refractivity contribution in [2.24, 2.45) is 0 Å². The number of anilines is 1. The third-order valence-corrected chi connectivity index (χ3v) is 2.98. The molecule has 0 aliphatic carbocycles. The molecule has 1 atom stereocenters. The number of hydrogen-bond acceptors (Lipinski definition) is 3. The summed E-state index contributed by atoms with van der Waals surface area (Å²) in [5.41, 5.74) is 2.28. The second-order valence-corrected chi connectivity index (χ2v) is 4.08. The molecule has 1 heterocycles. The zero-order valence-corrected chi connectivity index (χ0v) is 9.56. The fraction of sp³-hybridized carbons (Fsp3) is 0.462. The number of nitrogens with zero attached hydrogens (tertiary/aromatic N) is 1. The molecule has 1 aromatic rings. The fourth-order valence-electron chi connectivity index (χ4n) is 2.04. The second kappa shape index (κ2) is 5.12. The van der Waals surface area contributed by atoms with E-state index in [9.17, 15) is 4.79 Å². The highest BCUT2D eigenvalue weighted by Crippen LogP contribution is 2.26. The lowest BCUT2D eigenvalue weighted by Gasteiger charge is -2.31. The first-order chi connectivity index (χ1) is 7.83. The summed E-state index contributed by atoms with van der Waals surface area (Å²) < 4.78 is 5.34. The summed E-state index contributed by atoms with van der Waals surface area (Å²) in [6.45, 7) is 5.28. The number of hydrogen-bond donors (Lipinski definition) is 0. The van der Waals surface area contributed by atoms with Crippen LogP contribution in [0, 0.1) is 0 Å². The molecule has 2 rings (SSSR count). The van der Waals surface area contributed by atoms with Crippen molar-refractivity contribution in [1.29, 1.82) is 0 Å². The van der Waals surface area contributed by atoms with Crippen LogP contribution in [0.1, 0.15) is 18.4 Å². The molecule has 1 aliphatic heterocycles. The van der Waals surface area contributed by atoms with Crippen LogP contribution in [-0.2, 0) is 9.53 Å². The number of carbonyl (C=O) groups is 1. The number of ether oxygens (including phenoxy) is 1. The fourth-order valence-corrected chi connectivity index (χ4v) is 2.04.